The minimum absolute atomic E-state index is 0. The quantitative estimate of drug-likeness (QED) is 0.611. The van der Waals surface area contributed by atoms with Crippen LogP contribution >= 0.6 is 0 Å². The van der Waals surface area contributed by atoms with E-state index >= 15 is 0 Å². The van der Waals surface area contributed by atoms with Crippen molar-refractivity contribution in [3.63, 3.8) is 0 Å². The SMILES string of the molecule is CCc1ccccc1C(=O)O.[H-].[K+]. The van der Waals surface area contributed by atoms with Gasteiger partial charge in [-0.05, 0) is 18.1 Å². The molecule has 12 heavy (non-hydrogen) atoms. The Morgan fingerprint density at radius 1 is 1.50 bits per heavy atom. The number of carboxylic acids is 1. The Morgan fingerprint density at radius 3 is 2.50 bits per heavy atom. The Balaban J connectivity index is 0. The molecule has 0 fully saturated rings. The van der Waals surface area contributed by atoms with Gasteiger partial charge in [0.05, 0.1) is 5.56 Å². The first-order valence-corrected chi connectivity index (χ1v) is 3.57. The Morgan fingerprint density at radius 2 is 2.08 bits per heavy atom. The summed E-state index contributed by atoms with van der Waals surface area (Å²) in [5.41, 5.74) is 1.30. The number of carboxylic acid groups (broad SMARTS) is 1. The van der Waals surface area contributed by atoms with Gasteiger partial charge in [-0.1, -0.05) is 25.1 Å². The van der Waals surface area contributed by atoms with Crippen LogP contribution in [0.4, 0.5) is 0 Å². The van der Waals surface area contributed by atoms with Crippen LogP contribution in [-0.2, 0) is 6.42 Å². The fourth-order valence-electron chi connectivity index (χ4n) is 1.04. The number of aromatic carboxylic acids is 1. The van der Waals surface area contributed by atoms with Gasteiger partial charge in [-0.2, -0.15) is 0 Å². The van der Waals surface area contributed by atoms with Gasteiger partial charge >= 0.3 is 57.4 Å². The maximum atomic E-state index is 10.6. The first kappa shape index (κ1) is 12.3. The monoisotopic (exact) mass is 190 g/mol. The summed E-state index contributed by atoms with van der Waals surface area (Å²) in [6, 6.07) is 7.05. The normalized spacial score (nSPS) is 8.75. The number of aryl methyl sites for hydroxylation is 1. The molecule has 60 valence electrons. The summed E-state index contributed by atoms with van der Waals surface area (Å²) in [7, 11) is 0. The molecule has 0 unspecified atom stereocenters. The summed E-state index contributed by atoms with van der Waals surface area (Å²) in [4.78, 5) is 10.6. The Kier molecular flexibility index (Phi) is 6.04. The van der Waals surface area contributed by atoms with Crippen LogP contribution < -0.4 is 51.4 Å². The van der Waals surface area contributed by atoms with Gasteiger partial charge in [0.25, 0.3) is 0 Å². The number of rotatable bonds is 2. The molecule has 1 N–H and O–H groups in total. The van der Waals surface area contributed by atoms with Crippen LogP contribution in [0.25, 0.3) is 0 Å². The maximum absolute atomic E-state index is 10.6. The third-order valence-electron chi connectivity index (χ3n) is 1.63. The average Bonchev–Trinajstić information content (AvgIpc) is 2.04. The zero-order valence-electron chi connectivity index (χ0n) is 8.37. The summed E-state index contributed by atoms with van der Waals surface area (Å²) in [5.74, 6) is -0.845. The summed E-state index contributed by atoms with van der Waals surface area (Å²) in [5, 5.41) is 8.70. The topological polar surface area (TPSA) is 37.3 Å². The number of carbonyl (C=O) groups is 1. The van der Waals surface area contributed by atoms with E-state index in [1.165, 1.54) is 0 Å². The molecule has 1 aromatic rings. The van der Waals surface area contributed by atoms with Gasteiger partial charge in [0, 0.05) is 0 Å². The molecular formula is C9H11KO2. The second-order valence-corrected chi connectivity index (χ2v) is 2.32. The van der Waals surface area contributed by atoms with Crippen molar-refractivity contribution in [2.75, 3.05) is 0 Å². The van der Waals surface area contributed by atoms with Crippen LogP contribution in [0.5, 0.6) is 0 Å². The van der Waals surface area contributed by atoms with Crippen LogP contribution in [0.2, 0.25) is 0 Å². The molecule has 0 aliphatic rings. The molecular weight excluding hydrogens is 179 g/mol. The van der Waals surface area contributed by atoms with Crippen LogP contribution in [0.1, 0.15) is 24.3 Å². The van der Waals surface area contributed by atoms with Crippen LogP contribution in [-0.4, -0.2) is 11.1 Å². The van der Waals surface area contributed by atoms with Crippen molar-refractivity contribution in [3.8, 4) is 0 Å². The zero-order valence-corrected chi connectivity index (χ0v) is 10.5. The van der Waals surface area contributed by atoms with Crippen molar-refractivity contribution in [3.05, 3.63) is 35.4 Å². The second-order valence-electron chi connectivity index (χ2n) is 2.32. The summed E-state index contributed by atoms with van der Waals surface area (Å²) in [6.45, 7) is 1.95. The molecule has 0 bridgehead atoms. The number of hydrogen-bond acceptors (Lipinski definition) is 1. The van der Waals surface area contributed by atoms with Crippen molar-refractivity contribution in [2.45, 2.75) is 13.3 Å². The Labute approximate surface area is 116 Å². The third kappa shape index (κ3) is 2.99. The zero-order chi connectivity index (χ0) is 8.27. The molecule has 0 aliphatic carbocycles. The van der Waals surface area contributed by atoms with Gasteiger partial charge in [-0.15, -0.1) is 0 Å². The first-order chi connectivity index (χ1) is 5.25. The van der Waals surface area contributed by atoms with E-state index in [4.69, 9.17) is 5.11 Å². The molecule has 0 heterocycles. The van der Waals surface area contributed by atoms with E-state index in [0.717, 1.165) is 12.0 Å². The molecule has 0 radical (unpaired) electrons. The van der Waals surface area contributed by atoms with E-state index in [1.54, 1.807) is 12.1 Å². The molecule has 0 amide bonds. The van der Waals surface area contributed by atoms with Crippen molar-refractivity contribution in [1.29, 1.82) is 0 Å². The minimum Gasteiger partial charge on any atom is -1.00 e. The molecule has 3 heteroatoms. The van der Waals surface area contributed by atoms with E-state index in [9.17, 15) is 4.79 Å². The van der Waals surface area contributed by atoms with Crippen LogP contribution in [0, 0.1) is 0 Å². The summed E-state index contributed by atoms with van der Waals surface area (Å²) < 4.78 is 0. The maximum Gasteiger partial charge on any atom is 1.00 e. The van der Waals surface area contributed by atoms with E-state index in [1.807, 2.05) is 19.1 Å². The molecule has 1 rings (SSSR count). The van der Waals surface area contributed by atoms with Crippen molar-refractivity contribution in [2.24, 2.45) is 0 Å². The van der Waals surface area contributed by atoms with Crippen LogP contribution in [0.3, 0.4) is 0 Å². The van der Waals surface area contributed by atoms with Crippen molar-refractivity contribution >= 4 is 5.97 Å². The average molecular weight is 190 g/mol. The van der Waals surface area contributed by atoms with Crippen molar-refractivity contribution in [1.82, 2.24) is 0 Å². The Bertz CT molecular complexity index is 276. The molecule has 0 spiro atoms. The number of benzene rings is 1. The molecule has 2 nitrogen and oxygen atoms in total. The summed E-state index contributed by atoms with van der Waals surface area (Å²) in [6.07, 6.45) is 0.766. The van der Waals surface area contributed by atoms with E-state index in [2.05, 4.69) is 0 Å². The fraction of sp³-hybridized carbons (Fsp3) is 0.222. The van der Waals surface area contributed by atoms with Crippen molar-refractivity contribution < 1.29 is 62.7 Å². The number of hydrogen-bond donors (Lipinski definition) is 1. The molecule has 0 aromatic heterocycles. The predicted molar refractivity (Wildman–Crippen MR) is 43.9 cm³/mol. The van der Waals surface area contributed by atoms with Gasteiger partial charge in [-0.25, -0.2) is 4.79 Å². The van der Waals surface area contributed by atoms with Gasteiger partial charge in [0.2, 0.25) is 0 Å². The first-order valence-electron chi connectivity index (χ1n) is 3.57. The molecule has 0 aliphatic heterocycles. The predicted octanol–water partition coefficient (Wildman–Crippen LogP) is -0.936. The third-order valence-corrected chi connectivity index (χ3v) is 1.63. The fourth-order valence-corrected chi connectivity index (χ4v) is 1.04. The largest absolute Gasteiger partial charge is 1.00 e. The van der Waals surface area contributed by atoms with Crippen LogP contribution in [0.15, 0.2) is 24.3 Å². The smallest absolute Gasteiger partial charge is 1.00 e. The molecule has 0 saturated carbocycles. The van der Waals surface area contributed by atoms with E-state index in [-0.39, 0.29) is 52.8 Å². The molecule has 1 aromatic carbocycles. The molecule has 0 saturated heterocycles. The standard InChI is InChI=1S/C9H10O2.K.H/c1-2-7-5-3-4-6-8(7)9(10)11;;/h3-6H,2H2,1H3,(H,10,11);;/q;+1;-1. The second kappa shape index (κ2) is 5.88. The Hall–Kier alpha value is 0.326. The van der Waals surface area contributed by atoms with E-state index in [0.29, 0.717) is 5.56 Å². The van der Waals surface area contributed by atoms with Gasteiger partial charge in [0.15, 0.2) is 0 Å². The van der Waals surface area contributed by atoms with Gasteiger partial charge in [0.1, 0.15) is 0 Å². The molecule has 0 atom stereocenters. The summed E-state index contributed by atoms with van der Waals surface area (Å²) >= 11 is 0. The van der Waals surface area contributed by atoms with Gasteiger partial charge in [-0.3, -0.25) is 0 Å². The minimum atomic E-state index is -0.845. The van der Waals surface area contributed by atoms with Gasteiger partial charge < -0.3 is 6.53 Å². The van der Waals surface area contributed by atoms with E-state index < -0.39 is 5.97 Å².